The number of aromatic nitrogens is 1. The van der Waals surface area contributed by atoms with E-state index in [2.05, 4.69) is 21.9 Å². The number of rotatable bonds is 11. The Kier molecular flexibility index (Phi) is 8.26. The average molecular weight is 470 g/mol. The van der Waals surface area contributed by atoms with Gasteiger partial charge < -0.3 is 14.8 Å². The molecule has 0 unspecified atom stereocenters. The Bertz CT molecular complexity index is 1150. The van der Waals surface area contributed by atoms with Gasteiger partial charge in [0.2, 0.25) is 5.88 Å². The van der Waals surface area contributed by atoms with Gasteiger partial charge in [0.25, 0.3) is 15.9 Å². The first-order chi connectivity index (χ1) is 15.9. The third kappa shape index (κ3) is 6.95. The van der Waals surface area contributed by atoms with E-state index in [9.17, 15) is 13.2 Å². The average Bonchev–Trinajstić information content (AvgIpc) is 2.83. The van der Waals surface area contributed by atoms with Gasteiger partial charge in [0, 0.05) is 24.5 Å². The number of amides is 1. The van der Waals surface area contributed by atoms with Gasteiger partial charge in [0.05, 0.1) is 17.6 Å². The van der Waals surface area contributed by atoms with Gasteiger partial charge in [-0.2, -0.15) is 0 Å². The lowest BCUT2D eigenvalue weighted by atomic mass is 10.2. The molecule has 0 atom stereocenters. The fourth-order valence-corrected chi connectivity index (χ4v) is 3.99. The molecular weight excluding hydrogens is 442 g/mol. The molecular formula is C24H27N3O5S. The Morgan fingerprint density at radius 1 is 0.939 bits per heavy atom. The number of nitrogens with zero attached hydrogens (tertiary/aromatic N) is 1. The number of carbonyl (C=O) groups excluding carboxylic acids is 1. The summed E-state index contributed by atoms with van der Waals surface area (Å²) in [6.45, 7) is 2.75. The van der Waals surface area contributed by atoms with Crippen LogP contribution < -0.4 is 19.5 Å². The standard InChI is InChI=1S/C24H27N3O5S/c1-3-4-5-16-25-24(28)18-6-15-23(26-17-18)32-21-9-7-19(8-10-21)27-33(29,30)22-13-11-20(31-2)12-14-22/h6-15,17,27H,3-5,16H2,1-2H3,(H,25,28). The zero-order valence-corrected chi connectivity index (χ0v) is 19.4. The van der Waals surface area contributed by atoms with Crippen LogP contribution in [0.4, 0.5) is 5.69 Å². The highest BCUT2D eigenvalue weighted by molar-refractivity contribution is 7.92. The summed E-state index contributed by atoms with van der Waals surface area (Å²) in [6, 6.07) is 15.8. The maximum absolute atomic E-state index is 12.5. The zero-order chi connectivity index (χ0) is 23.7. The van der Waals surface area contributed by atoms with Gasteiger partial charge in [0.15, 0.2) is 0 Å². The normalized spacial score (nSPS) is 11.0. The smallest absolute Gasteiger partial charge is 0.261 e. The Morgan fingerprint density at radius 3 is 2.24 bits per heavy atom. The van der Waals surface area contributed by atoms with Crippen molar-refractivity contribution in [3.63, 3.8) is 0 Å². The highest BCUT2D eigenvalue weighted by Gasteiger charge is 2.14. The number of ether oxygens (including phenoxy) is 2. The van der Waals surface area contributed by atoms with Gasteiger partial charge in [-0.3, -0.25) is 9.52 Å². The van der Waals surface area contributed by atoms with Crippen LogP contribution in [0.5, 0.6) is 17.4 Å². The summed E-state index contributed by atoms with van der Waals surface area (Å²) >= 11 is 0. The minimum absolute atomic E-state index is 0.127. The van der Waals surface area contributed by atoms with Crippen molar-refractivity contribution in [1.82, 2.24) is 10.3 Å². The molecule has 2 aromatic carbocycles. The Morgan fingerprint density at radius 2 is 1.64 bits per heavy atom. The van der Waals surface area contributed by atoms with Crippen LogP contribution in [0.3, 0.4) is 0 Å². The Hall–Kier alpha value is -3.59. The first-order valence-electron chi connectivity index (χ1n) is 10.6. The molecule has 0 saturated carbocycles. The number of carbonyl (C=O) groups is 1. The molecule has 0 radical (unpaired) electrons. The van der Waals surface area contributed by atoms with E-state index >= 15 is 0 Å². The molecule has 0 saturated heterocycles. The fraction of sp³-hybridized carbons (Fsp3) is 0.250. The monoisotopic (exact) mass is 469 g/mol. The molecule has 0 aliphatic carbocycles. The van der Waals surface area contributed by atoms with Crippen LogP contribution in [-0.4, -0.2) is 33.0 Å². The molecule has 0 aliphatic heterocycles. The molecule has 33 heavy (non-hydrogen) atoms. The number of anilines is 1. The van der Waals surface area contributed by atoms with E-state index in [-0.39, 0.29) is 10.8 Å². The maximum Gasteiger partial charge on any atom is 0.261 e. The quantitative estimate of drug-likeness (QED) is 0.398. The van der Waals surface area contributed by atoms with Crippen LogP contribution in [0.25, 0.3) is 0 Å². The van der Waals surface area contributed by atoms with E-state index in [1.165, 1.54) is 25.4 Å². The second-order valence-electron chi connectivity index (χ2n) is 7.26. The molecule has 1 amide bonds. The lowest BCUT2D eigenvalue weighted by molar-refractivity contribution is 0.0952. The van der Waals surface area contributed by atoms with Crippen molar-refractivity contribution < 1.29 is 22.7 Å². The van der Waals surface area contributed by atoms with Gasteiger partial charge in [-0.05, 0) is 61.0 Å². The number of hydrogen-bond acceptors (Lipinski definition) is 6. The summed E-state index contributed by atoms with van der Waals surface area (Å²) in [5.74, 6) is 1.21. The third-order valence-electron chi connectivity index (χ3n) is 4.76. The summed E-state index contributed by atoms with van der Waals surface area (Å²) in [4.78, 5) is 16.4. The molecule has 3 rings (SSSR count). The molecule has 9 heteroatoms. The molecule has 0 spiro atoms. The number of sulfonamides is 1. The van der Waals surface area contributed by atoms with Gasteiger partial charge in [-0.25, -0.2) is 13.4 Å². The summed E-state index contributed by atoms with van der Waals surface area (Å²) in [6.07, 6.45) is 4.58. The molecule has 8 nitrogen and oxygen atoms in total. The lowest BCUT2D eigenvalue weighted by Gasteiger charge is -2.10. The summed E-state index contributed by atoms with van der Waals surface area (Å²) < 4.78 is 38.3. The van der Waals surface area contributed by atoms with E-state index < -0.39 is 10.0 Å². The van der Waals surface area contributed by atoms with E-state index in [0.29, 0.717) is 35.2 Å². The number of unbranched alkanes of at least 4 members (excludes halogenated alkanes) is 2. The van der Waals surface area contributed by atoms with Gasteiger partial charge in [-0.15, -0.1) is 0 Å². The van der Waals surface area contributed by atoms with Crippen LogP contribution in [-0.2, 0) is 10.0 Å². The number of methoxy groups -OCH3 is 1. The van der Waals surface area contributed by atoms with Crippen molar-refractivity contribution in [2.45, 2.75) is 31.1 Å². The molecule has 174 valence electrons. The fourth-order valence-electron chi connectivity index (χ4n) is 2.93. The first-order valence-corrected chi connectivity index (χ1v) is 12.1. The van der Waals surface area contributed by atoms with Gasteiger partial charge in [0.1, 0.15) is 11.5 Å². The number of nitrogens with one attached hydrogen (secondary N) is 2. The van der Waals surface area contributed by atoms with Gasteiger partial charge in [-0.1, -0.05) is 19.8 Å². The van der Waals surface area contributed by atoms with Crippen molar-refractivity contribution in [1.29, 1.82) is 0 Å². The number of benzene rings is 2. The molecule has 2 N–H and O–H groups in total. The topological polar surface area (TPSA) is 107 Å². The summed E-state index contributed by atoms with van der Waals surface area (Å²) in [5, 5.41) is 2.86. The first kappa shape index (κ1) is 24.1. The Balaban J connectivity index is 1.57. The molecule has 0 fully saturated rings. The summed E-state index contributed by atoms with van der Waals surface area (Å²) in [5.41, 5.74) is 0.850. The second kappa shape index (κ2) is 11.3. The van der Waals surface area contributed by atoms with Gasteiger partial charge >= 0.3 is 0 Å². The minimum Gasteiger partial charge on any atom is -0.497 e. The number of hydrogen-bond donors (Lipinski definition) is 2. The molecule has 1 heterocycles. The number of pyridine rings is 1. The van der Waals surface area contributed by atoms with E-state index in [0.717, 1.165) is 19.3 Å². The summed E-state index contributed by atoms with van der Waals surface area (Å²) in [7, 11) is -2.21. The predicted octanol–water partition coefficient (Wildman–Crippen LogP) is 4.60. The second-order valence-corrected chi connectivity index (χ2v) is 8.94. The van der Waals surface area contributed by atoms with Crippen molar-refractivity contribution in [2.75, 3.05) is 18.4 Å². The van der Waals surface area contributed by atoms with Crippen molar-refractivity contribution in [3.8, 4) is 17.4 Å². The van der Waals surface area contributed by atoms with Crippen molar-refractivity contribution >= 4 is 21.6 Å². The van der Waals surface area contributed by atoms with Crippen LogP contribution in [0.1, 0.15) is 36.5 Å². The maximum atomic E-state index is 12.5. The largest absolute Gasteiger partial charge is 0.497 e. The molecule has 0 bridgehead atoms. The zero-order valence-electron chi connectivity index (χ0n) is 18.6. The van der Waals surface area contributed by atoms with Crippen LogP contribution >= 0.6 is 0 Å². The highest BCUT2D eigenvalue weighted by Crippen LogP contribution is 2.24. The minimum atomic E-state index is -3.73. The van der Waals surface area contributed by atoms with E-state index in [1.807, 2.05) is 0 Å². The van der Waals surface area contributed by atoms with Crippen molar-refractivity contribution in [2.24, 2.45) is 0 Å². The Labute approximate surface area is 194 Å². The SMILES string of the molecule is CCCCCNC(=O)c1ccc(Oc2ccc(NS(=O)(=O)c3ccc(OC)cc3)cc2)nc1. The van der Waals surface area contributed by atoms with Crippen LogP contribution in [0, 0.1) is 0 Å². The van der Waals surface area contributed by atoms with E-state index in [4.69, 9.17) is 9.47 Å². The molecule has 1 aromatic heterocycles. The third-order valence-corrected chi connectivity index (χ3v) is 6.16. The van der Waals surface area contributed by atoms with Crippen molar-refractivity contribution in [3.05, 3.63) is 72.4 Å². The predicted molar refractivity (Wildman–Crippen MR) is 126 cm³/mol. The molecule has 0 aliphatic rings. The van der Waals surface area contributed by atoms with Crippen LogP contribution in [0.2, 0.25) is 0 Å². The van der Waals surface area contributed by atoms with Crippen LogP contribution in [0.15, 0.2) is 71.8 Å². The molecule has 3 aromatic rings. The van der Waals surface area contributed by atoms with E-state index in [1.54, 1.807) is 48.5 Å². The highest BCUT2D eigenvalue weighted by atomic mass is 32.2. The lowest BCUT2D eigenvalue weighted by Crippen LogP contribution is -2.24.